The Balaban J connectivity index is 2.13. The molecule has 0 aliphatic rings. The number of hydrogen-bond acceptors (Lipinski definition) is 3. The minimum Gasteiger partial charge on any atom is -0.493 e. The molecule has 0 bridgehead atoms. The van der Waals surface area contributed by atoms with Gasteiger partial charge in [-0.05, 0) is 42.4 Å². The van der Waals surface area contributed by atoms with E-state index in [0.29, 0.717) is 29.8 Å². The zero-order valence-corrected chi connectivity index (χ0v) is 15.9. The standard InChI is InChI=1S/C20H23N3O2S/c1-4-12-21-20(26)23-22-13-16-10-7-11-18(24-3)19(16)25-14-17-9-6-5-8-15(17)2/h4-11,13H,1,12,14H2,2-3H3,(H2,21,23,26)/p+1. The quantitative estimate of drug-likeness (QED) is 0.286. The van der Waals surface area contributed by atoms with E-state index in [0.717, 1.165) is 11.1 Å². The summed E-state index contributed by atoms with van der Waals surface area (Å²) in [5.74, 6) is 1.33. The van der Waals surface area contributed by atoms with Crippen LogP contribution in [0.1, 0.15) is 16.7 Å². The number of aryl methyl sites for hydroxylation is 1. The largest absolute Gasteiger partial charge is 0.493 e. The van der Waals surface area contributed by atoms with E-state index in [1.165, 1.54) is 5.56 Å². The molecule has 0 heterocycles. The maximum absolute atomic E-state index is 6.06. The highest BCUT2D eigenvalue weighted by Crippen LogP contribution is 2.30. The lowest BCUT2D eigenvalue weighted by Gasteiger charge is -2.13. The van der Waals surface area contributed by atoms with Gasteiger partial charge in [0.05, 0.1) is 12.7 Å². The normalized spacial score (nSPS) is 10.4. The fourth-order valence-corrected chi connectivity index (χ4v) is 2.41. The number of hydrazine groups is 1. The third-order valence-electron chi connectivity index (χ3n) is 3.68. The first-order valence-electron chi connectivity index (χ1n) is 8.23. The van der Waals surface area contributed by atoms with Gasteiger partial charge < -0.3 is 14.8 Å². The second-order valence-electron chi connectivity index (χ2n) is 5.51. The molecule has 0 saturated heterocycles. The molecule has 0 saturated carbocycles. The average molecular weight is 370 g/mol. The average Bonchev–Trinajstić information content (AvgIpc) is 2.66. The Morgan fingerprint density at radius 1 is 1.23 bits per heavy atom. The fraction of sp³-hybridized carbons (Fsp3) is 0.200. The number of benzene rings is 2. The van der Waals surface area contributed by atoms with Gasteiger partial charge in [-0.25, -0.2) is 0 Å². The van der Waals surface area contributed by atoms with Gasteiger partial charge in [0.1, 0.15) is 6.61 Å². The molecule has 26 heavy (non-hydrogen) atoms. The first kappa shape index (κ1) is 19.5. The molecule has 0 fully saturated rings. The molecular weight excluding hydrogens is 346 g/mol. The van der Waals surface area contributed by atoms with Crippen molar-refractivity contribution in [1.29, 1.82) is 0 Å². The van der Waals surface area contributed by atoms with Crippen LogP contribution in [0.5, 0.6) is 11.5 Å². The first-order chi connectivity index (χ1) is 12.7. The molecule has 0 aliphatic carbocycles. The van der Waals surface area contributed by atoms with Crippen molar-refractivity contribution in [3.8, 4) is 11.5 Å². The van der Waals surface area contributed by atoms with E-state index >= 15 is 0 Å². The summed E-state index contributed by atoms with van der Waals surface area (Å²) in [6.45, 7) is 6.75. The lowest BCUT2D eigenvalue weighted by Crippen LogP contribution is -2.82. The van der Waals surface area contributed by atoms with E-state index < -0.39 is 0 Å². The zero-order chi connectivity index (χ0) is 18.8. The maximum Gasteiger partial charge on any atom is 0.224 e. The fourth-order valence-electron chi connectivity index (χ4n) is 2.27. The maximum atomic E-state index is 6.06. The summed E-state index contributed by atoms with van der Waals surface area (Å²) in [7, 11) is 1.62. The SMILES string of the molecule is C=CCNC(=S)N[NH+]=Cc1cccc(OC)c1OCc1ccccc1C. The Kier molecular flexibility index (Phi) is 7.64. The van der Waals surface area contributed by atoms with E-state index in [2.05, 4.69) is 41.5 Å². The van der Waals surface area contributed by atoms with E-state index in [4.69, 9.17) is 21.7 Å². The molecule has 3 N–H and O–H groups in total. The number of methoxy groups -OCH3 is 1. The molecule has 2 rings (SSSR count). The van der Waals surface area contributed by atoms with Crippen LogP contribution < -0.4 is 25.3 Å². The molecule has 0 atom stereocenters. The zero-order valence-electron chi connectivity index (χ0n) is 15.0. The molecule has 0 amide bonds. The van der Waals surface area contributed by atoms with E-state index in [1.807, 2.05) is 30.3 Å². The van der Waals surface area contributed by atoms with Gasteiger partial charge in [0, 0.05) is 6.54 Å². The van der Waals surface area contributed by atoms with Crippen LogP contribution in [0.2, 0.25) is 0 Å². The van der Waals surface area contributed by atoms with Crippen LogP contribution in [-0.4, -0.2) is 25.0 Å². The monoisotopic (exact) mass is 370 g/mol. The summed E-state index contributed by atoms with van der Waals surface area (Å²) in [5.41, 5.74) is 6.04. The van der Waals surface area contributed by atoms with Crippen LogP contribution in [-0.2, 0) is 6.61 Å². The van der Waals surface area contributed by atoms with Crippen molar-refractivity contribution in [1.82, 2.24) is 10.7 Å². The van der Waals surface area contributed by atoms with Crippen molar-refractivity contribution in [2.75, 3.05) is 13.7 Å². The molecule has 2 aromatic carbocycles. The van der Waals surface area contributed by atoms with Crippen LogP contribution in [0.15, 0.2) is 55.1 Å². The number of hydrogen-bond donors (Lipinski definition) is 3. The highest BCUT2D eigenvalue weighted by molar-refractivity contribution is 7.80. The summed E-state index contributed by atoms with van der Waals surface area (Å²) in [4.78, 5) is 0. The highest BCUT2D eigenvalue weighted by Gasteiger charge is 2.12. The smallest absolute Gasteiger partial charge is 0.224 e. The van der Waals surface area contributed by atoms with Crippen molar-refractivity contribution < 1.29 is 14.6 Å². The Hall–Kier alpha value is -2.86. The van der Waals surface area contributed by atoms with Gasteiger partial charge in [-0.15, -0.1) is 17.1 Å². The van der Waals surface area contributed by atoms with Gasteiger partial charge in [-0.2, -0.15) is 0 Å². The number of rotatable bonds is 8. The molecule has 0 unspecified atom stereocenters. The van der Waals surface area contributed by atoms with E-state index in [1.54, 1.807) is 19.4 Å². The Labute approximate surface area is 159 Å². The molecule has 0 aromatic heterocycles. The Morgan fingerprint density at radius 2 is 2.04 bits per heavy atom. The molecular formula is C20H24N3O2S+. The van der Waals surface area contributed by atoms with Crippen molar-refractivity contribution in [3.63, 3.8) is 0 Å². The van der Waals surface area contributed by atoms with Crippen LogP contribution >= 0.6 is 12.2 Å². The third-order valence-corrected chi connectivity index (χ3v) is 3.93. The molecule has 0 aliphatic heterocycles. The molecule has 0 spiro atoms. The number of ether oxygens (including phenoxy) is 2. The Bertz CT molecular complexity index is 790. The van der Waals surface area contributed by atoms with Crippen molar-refractivity contribution in [2.24, 2.45) is 0 Å². The minimum atomic E-state index is 0.459. The van der Waals surface area contributed by atoms with Gasteiger partial charge in [0.15, 0.2) is 11.5 Å². The van der Waals surface area contributed by atoms with Gasteiger partial charge >= 0.3 is 0 Å². The summed E-state index contributed by atoms with van der Waals surface area (Å²) < 4.78 is 11.5. The number of nitrogens with one attached hydrogen (secondary N) is 3. The van der Waals surface area contributed by atoms with Crippen LogP contribution in [0.25, 0.3) is 0 Å². The third kappa shape index (κ3) is 5.60. The molecule has 6 heteroatoms. The summed E-state index contributed by atoms with van der Waals surface area (Å²) >= 11 is 5.14. The van der Waals surface area contributed by atoms with Gasteiger partial charge in [0.25, 0.3) is 0 Å². The van der Waals surface area contributed by atoms with Gasteiger partial charge in [0.2, 0.25) is 11.3 Å². The molecule has 5 nitrogen and oxygen atoms in total. The van der Waals surface area contributed by atoms with Gasteiger partial charge in [-0.1, -0.05) is 36.4 Å². The number of thiocarbonyl (C=S) groups is 1. The molecule has 0 radical (unpaired) electrons. The minimum absolute atomic E-state index is 0.459. The predicted octanol–water partition coefficient (Wildman–Crippen LogP) is 1.65. The summed E-state index contributed by atoms with van der Waals surface area (Å²) in [5, 5.41) is 6.41. The Morgan fingerprint density at radius 3 is 2.77 bits per heavy atom. The first-order valence-corrected chi connectivity index (χ1v) is 8.64. The second kappa shape index (κ2) is 10.2. The van der Waals surface area contributed by atoms with Crippen LogP contribution in [0, 0.1) is 6.92 Å². The van der Waals surface area contributed by atoms with Crippen molar-refractivity contribution in [3.05, 3.63) is 71.8 Å². The number of para-hydroxylation sites is 1. The van der Waals surface area contributed by atoms with Crippen LogP contribution in [0.4, 0.5) is 0 Å². The predicted molar refractivity (Wildman–Crippen MR) is 109 cm³/mol. The summed E-state index contributed by atoms with van der Waals surface area (Å²) in [6.07, 6.45) is 3.51. The lowest BCUT2D eigenvalue weighted by atomic mass is 10.1. The van der Waals surface area contributed by atoms with Crippen molar-refractivity contribution in [2.45, 2.75) is 13.5 Å². The molecule has 136 valence electrons. The molecule has 2 aromatic rings. The topological polar surface area (TPSA) is 56.5 Å². The van der Waals surface area contributed by atoms with Crippen molar-refractivity contribution >= 4 is 23.5 Å². The van der Waals surface area contributed by atoms with Crippen LogP contribution in [0.3, 0.4) is 0 Å². The van der Waals surface area contributed by atoms with E-state index in [-0.39, 0.29) is 0 Å². The summed E-state index contributed by atoms with van der Waals surface area (Å²) in [6, 6.07) is 13.8. The number of hydrazone groups is 1. The highest BCUT2D eigenvalue weighted by atomic mass is 32.1. The lowest BCUT2D eigenvalue weighted by molar-refractivity contribution is -0.500. The van der Waals surface area contributed by atoms with E-state index in [9.17, 15) is 0 Å². The van der Waals surface area contributed by atoms with Gasteiger partial charge in [-0.3, -0.25) is 0 Å². The second-order valence-corrected chi connectivity index (χ2v) is 5.91.